The number of carbonyl (C=O) groups excluding carboxylic acids is 2. The molecule has 1 saturated heterocycles. The minimum absolute atomic E-state index is 0.0395. The van der Waals surface area contributed by atoms with E-state index < -0.39 is 12.1 Å². The summed E-state index contributed by atoms with van der Waals surface area (Å²) in [5.74, 6) is -2.09. The minimum atomic E-state index is -4.86. The van der Waals surface area contributed by atoms with Crippen molar-refractivity contribution in [3.05, 3.63) is 47.5 Å². The van der Waals surface area contributed by atoms with Crippen LogP contribution in [-0.4, -0.2) is 52.5 Å². The van der Waals surface area contributed by atoms with E-state index in [1.807, 2.05) is 38.4 Å². The van der Waals surface area contributed by atoms with Gasteiger partial charge >= 0.3 is 12.1 Å². The lowest BCUT2D eigenvalue weighted by molar-refractivity contribution is -0.203. The normalized spacial score (nSPS) is 18.0. The van der Waals surface area contributed by atoms with E-state index in [0.717, 1.165) is 27.2 Å². The molecule has 1 aromatic heterocycles. The summed E-state index contributed by atoms with van der Waals surface area (Å²) < 4.78 is 39.3. The van der Waals surface area contributed by atoms with Gasteiger partial charge in [0.15, 0.2) is 0 Å². The van der Waals surface area contributed by atoms with E-state index in [9.17, 15) is 22.8 Å². The van der Waals surface area contributed by atoms with Crippen molar-refractivity contribution in [3.8, 4) is 11.1 Å². The first-order valence-corrected chi connectivity index (χ1v) is 10.4. The van der Waals surface area contributed by atoms with E-state index >= 15 is 0 Å². The smallest absolute Gasteiger partial charge is 0.334 e. The summed E-state index contributed by atoms with van der Waals surface area (Å²) in [5.41, 5.74) is 3.40. The van der Waals surface area contributed by atoms with Crippen LogP contribution in [0.4, 0.5) is 13.2 Å². The molecule has 2 fully saturated rings. The standard InChI is InChI=1S/C23H24F3N5O2/c1-14-4-5-15(18-10-28-30(3)11-18)6-16(14)7-19(27-2)29-20(32)17-8-22(9-17)12-31(13-22)21(33)23(24,25)26/h4-7,10-11,17H,2,8-9,12-13H2,1,3H3,(H,29,32)/b19-7+. The van der Waals surface area contributed by atoms with Crippen molar-refractivity contribution in [1.29, 1.82) is 0 Å². The zero-order valence-corrected chi connectivity index (χ0v) is 18.3. The summed E-state index contributed by atoms with van der Waals surface area (Å²) in [7, 11) is 1.84. The molecule has 0 atom stereocenters. The molecule has 2 amide bonds. The molecule has 0 bridgehead atoms. The predicted molar refractivity (Wildman–Crippen MR) is 117 cm³/mol. The van der Waals surface area contributed by atoms with Gasteiger partial charge in [-0.05, 0) is 55.3 Å². The second kappa shape index (κ2) is 8.17. The summed E-state index contributed by atoms with van der Waals surface area (Å²) >= 11 is 0. The summed E-state index contributed by atoms with van der Waals surface area (Å²) in [5, 5.41) is 6.95. The molecule has 33 heavy (non-hydrogen) atoms. The number of nitrogens with zero attached hydrogens (tertiary/aromatic N) is 4. The van der Waals surface area contributed by atoms with Crippen LogP contribution >= 0.6 is 0 Å². The Morgan fingerprint density at radius 1 is 1.27 bits per heavy atom. The first kappa shape index (κ1) is 22.8. The molecular formula is C23H24F3N5O2. The summed E-state index contributed by atoms with van der Waals surface area (Å²) in [4.78, 5) is 28.7. The Bertz CT molecular complexity index is 1140. The molecule has 1 aromatic carbocycles. The van der Waals surface area contributed by atoms with Crippen molar-refractivity contribution in [2.75, 3.05) is 13.1 Å². The van der Waals surface area contributed by atoms with Crippen molar-refractivity contribution in [2.45, 2.75) is 25.9 Å². The van der Waals surface area contributed by atoms with Gasteiger partial charge in [-0.2, -0.15) is 18.3 Å². The largest absolute Gasteiger partial charge is 0.471 e. The van der Waals surface area contributed by atoms with Crippen molar-refractivity contribution in [1.82, 2.24) is 20.0 Å². The first-order chi connectivity index (χ1) is 15.5. The van der Waals surface area contributed by atoms with Gasteiger partial charge in [-0.25, -0.2) is 4.99 Å². The maximum atomic E-state index is 12.7. The predicted octanol–water partition coefficient (Wildman–Crippen LogP) is 3.31. The van der Waals surface area contributed by atoms with Gasteiger partial charge in [-0.15, -0.1) is 0 Å². The molecule has 1 N–H and O–H groups in total. The molecule has 1 aliphatic carbocycles. The SMILES string of the molecule is C=N/C(=C\c1cc(-c2cnn(C)c2)ccc1C)NC(=O)C1CC2(C1)CN(C(=O)C(F)(F)F)C2. The fourth-order valence-electron chi connectivity index (χ4n) is 4.56. The van der Waals surface area contributed by atoms with E-state index in [2.05, 4.69) is 22.1 Å². The fraction of sp³-hybridized carbons (Fsp3) is 0.391. The Balaban J connectivity index is 1.38. The van der Waals surface area contributed by atoms with E-state index in [-0.39, 0.29) is 30.3 Å². The highest BCUT2D eigenvalue weighted by molar-refractivity contribution is 5.85. The van der Waals surface area contributed by atoms with Crippen LogP contribution in [-0.2, 0) is 16.6 Å². The molecule has 1 spiro atoms. The molecule has 7 nitrogen and oxygen atoms in total. The Labute approximate surface area is 189 Å². The second-order valence-electron chi connectivity index (χ2n) is 8.92. The van der Waals surface area contributed by atoms with Gasteiger partial charge < -0.3 is 10.2 Å². The number of amides is 2. The van der Waals surface area contributed by atoms with Gasteiger partial charge in [-0.1, -0.05) is 12.1 Å². The Morgan fingerprint density at radius 2 is 1.97 bits per heavy atom. The van der Waals surface area contributed by atoms with Crippen LogP contribution in [0.1, 0.15) is 24.0 Å². The number of likely N-dealkylation sites (tertiary alicyclic amines) is 1. The number of aliphatic imine (C=N–C) groups is 1. The van der Waals surface area contributed by atoms with Gasteiger partial charge in [0, 0.05) is 43.2 Å². The molecule has 10 heteroatoms. The van der Waals surface area contributed by atoms with Gasteiger partial charge in [-0.3, -0.25) is 14.3 Å². The number of rotatable bonds is 5. The topological polar surface area (TPSA) is 79.6 Å². The van der Waals surface area contributed by atoms with Crippen LogP contribution in [0.2, 0.25) is 0 Å². The molecule has 1 aliphatic heterocycles. The molecule has 2 aromatic rings. The number of nitrogens with one attached hydrogen (secondary N) is 1. The maximum absolute atomic E-state index is 12.7. The van der Waals surface area contributed by atoms with Crippen molar-refractivity contribution in [2.24, 2.45) is 23.4 Å². The van der Waals surface area contributed by atoms with Gasteiger partial charge in [0.1, 0.15) is 5.82 Å². The third-order valence-electron chi connectivity index (χ3n) is 6.34. The molecule has 2 aliphatic rings. The highest BCUT2D eigenvalue weighted by Crippen LogP contribution is 2.52. The Hall–Kier alpha value is -3.43. The van der Waals surface area contributed by atoms with E-state index in [1.165, 1.54) is 0 Å². The quantitative estimate of drug-likeness (QED) is 0.697. The number of halogens is 3. The number of hydrogen-bond donors (Lipinski definition) is 1. The first-order valence-electron chi connectivity index (χ1n) is 10.4. The average molecular weight is 459 g/mol. The van der Waals surface area contributed by atoms with Crippen LogP contribution in [0.5, 0.6) is 0 Å². The third-order valence-corrected chi connectivity index (χ3v) is 6.34. The number of aromatic nitrogens is 2. The third kappa shape index (κ3) is 4.55. The zero-order chi connectivity index (χ0) is 24.0. The van der Waals surface area contributed by atoms with Crippen LogP contribution in [0.15, 0.2) is 41.4 Å². The Morgan fingerprint density at radius 3 is 2.55 bits per heavy atom. The molecule has 2 heterocycles. The molecule has 174 valence electrons. The lowest BCUT2D eigenvalue weighted by Gasteiger charge is -2.58. The number of aryl methyl sites for hydroxylation is 2. The Kier molecular flexibility index (Phi) is 5.63. The number of alkyl halides is 3. The molecule has 0 radical (unpaired) electrons. The van der Waals surface area contributed by atoms with Gasteiger partial charge in [0.2, 0.25) is 5.91 Å². The van der Waals surface area contributed by atoms with E-state index in [0.29, 0.717) is 18.7 Å². The highest BCUT2D eigenvalue weighted by Gasteiger charge is 2.58. The second-order valence-corrected chi connectivity index (χ2v) is 8.92. The van der Waals surface area contributed by atoms with Crippen LogP contribution in [0.3, 0.4) is 0 Å². The molecular weight excluding hydrogens is 435 g/mol. The van der Waals surface area contributed by atoms with Crippen molar-refractivity contribution < 1.29 is 22.8 Å². The number of carbonyl (C=O) groups is 2. The van der Waals surface area contributed by atoms with Crippen molar-refractivity contribution in [3.63, 3.8) is 0 Å². The van der Waals surface area contributed by atoms with Gasteiger partial charge in [0.05, 0.1) is 6.20 Å². The van der Waals surface area contributed by atoms with Gasteiger partial charge in [0.25, 0.3) is 0 Å². The highest BCUT2D eigenvalue weighted by atomic mass is 19.4. The summed E-state index contributed by atoms with van der Waals surface area (Å²) in [6.45, 7) is 5.56. The van der Waals surface area contributed by atoms with E-state index in [4.69, 9.17) is 0 Å². The number of benzene rings is 1. The monoisotopic (exact) mass is 459 g/mol. The minimum Gasteiger partial charge on any atom is -0.334 e. The summed E-state index contributed by atoms with van der Waals surface area (Å²) in [6.07, 6.45) is 1.44. The zero-order valence-electron chi connectivity index (χ0n) is 18.3. The van der Waals surface area contributed by atoms with Crippen LogP contribution < -0.4 is 5.32 Å². The fourth-order valence-corrected chi connectivity index (χ4v) is 4.56. The summed E-state index contributed by atoms with van der Waals surface area (Å²) in [6, 6.07) is 5.93. The number of hydrogen-bond acceptors (Lipinski definition) is 4. The molecule has 1 saturated carbocycles. The van der Waals surface area contributed by atoms with Crippen molar-refractivity contribution >= 4 is 24.6 Å². The molecule has 4 rings (SSSR count). The average Bonchev–Trinajstić information content (AvgIpc) is 3.12. The van der Waals surface area contributed by atoms with Crippen LogP contribution in [0.25, 0.3) is 17.2 Å². The lowest BCUT2D eigenvalue weighted by Crippen LogP contribution is -2.66. The molecule has 0 unspecified atom stereocenters. The van der Waals surface area contributed by atoms with E-state index in [1.54, 1.807) is 17.0 Å². The lowest BCUT2D eigenvalue weighted by atomic mass is 9.57. The maximum Gasteiger partial charge on any atom is 0.471 e. The van der Waals surface area contributed by atoms with Crippen LogP contribution in [0, 0.1) is 18.3 Å².